The van der Waals surface area contributed by atoms with Crippen LogP contribution in [-0.4, -0.2) is 105 Å². The quantitative estimate of drug-likeness (QED) is 0.0528. The number of hydrazine groups is 1. The highest BCUT2D eigenvalue weighted by atomic mass is 16.5. The minimum Gasteiger partial charge on any atom is -0.489 e. The van der Waals surface area contributed by atoms with Gasteiger partial charge in [0.15, 0.2) is 0 Å². The molecular weight excluding hydrogens is 731 g/mol. The summed E-state index contributed by atoms with van der Waals surface area (Å²) in [4.78, 5) is 53.0. The molecule has 3 aromatic carbocycles. The number of carbonyl (C=O) groups is 4. The molecule has 15 heteroatoms. The zero-order chi connectivity index (χ0) is 41.6. The fourth-order valence-corrected chi connectivity index (χ4v) is 5.79. The van der Waals surface area contributed by atoms with Crippen molar-refractivity contribution in [3.63, 3.8) is 0 Å². The van der Waals surface area contributed by atoms with E-state index in [1.165, 1.54) is 14.2 Å². The van der Waals surface area contributed by atoms with Crippen molar-refractivity contribution in [1.29, 1.82) is 0 Å². The average Bonchev–Trinajstić information content (AvgIpc) is 3.19. The number of ether oxygens (including phenoxy) is 3. The van der Waals surface area contributed by atoms with Crippen LogP contribution in [0.25, 0.3) is 0 Å². The van der Waals surface area contributed by atoms with Crippen molar-refractivity contribution in [2.75, 3.05) is 47.1 Å². The molecule has 57 heavy (non-hydrogen) atoms. The molecule has 0 aliphatic rings. The van der Waals surface area contributed by atoms with Crippen molar-refractivity contribution in [2.24, 2.45) is 11.8 Å². The monoisotopic (exact) mass is 791 g/mol. The Bertz CT molecular complexity index is 1630. The first-order valence-corrected chi connectivity index (χ1v) is 19.3. The second-order valence-electron chi connectivity index (χ2n) is 14.4. The first-order chi connectivity index (χ1) is 27.4. The van der Waals surface area contributed by atoms with Gasteiger partial charge in [0.05, 0.1) is 25.4 Å². The van der Waals surface area contributed by atoms with Gasteiger partial charge in [-0.1, -0.05) is 100 Å². The number of nitrogens with one attached hydrogen (secondary N) is 6. The molecular formula is C42H61N7O8. The van der Waals surface area contributed by atoms with Crippen molar-refractivity contribution in [2.45, 2.75) is 71.5 Å². The number of urea groups is 2. The Morgan fingerprint density at radius 2 is 1.16 bits per heavy atom. The van der Waals surface area contributed by atoms with Gasteiger partial charge < -0.3 is 45.9 Å². The van der Waals surface area contributed by atoms with Crippen molar-refractivity contribution >= 4 is 23.9 Å². The minimum atomic E-state index is -1.21. The van der Waals surface area contributed by atoms with Gasteiger partial charge >= 0.3 is 12.1 Å². The van der Waals surface area contributed by atoms with Crippen LogP contribution in [0.4, 0.5) is 9.59 Å². The molecule has 0 aromatic heterocycles. The molecule has 3 rings (SSSR count). The first kappa shape index (κ1) is 46.2. The summed E-state index contributed by atoms with van der Waals surface area (Å²) in [5.74, 6) is -0.877. The maximum Gasteiger partial charge on any atom is 0.315 e. The van der Waals surface area contributed by atoms with Crippen LogP contribution in [0.3, 0.4) is 0 Å². The fourth-order valence-electron chi connectivity index (χ4n) is 5.79. The van der Waals surface area contributed by atoms with E-state index in [1.807, 2.05) is 113 Å². The SMILES string of the molecule is COCCNC(=O)N[C@H](C(=O)N[C@@H](Cc1ccccc1)[C@@H](O)CN(Cc1ccc(OCc2ccccc2)cc1)NC(=O)[C@@H](NC(=O)NCCOC)C(C)C)C(C)C. The van der Waals surface area contributed by atoms with Crippen LogP contribution in [0, 0.1) is 11.8 Å². The zero-order valence-electron chi connectivity index (χ0n) is 34.0. The summed E-state index contributed by atoms with van der Waals surface area (Å²) >= 11 is 0. The van der Waals surface area contributed by atoms with Gasteiger partial charge in [-0.25, -0.2) is 14.6 Å². The Hall–Kier alpha value is -5.22. The molecule has 0 heterocycles. The predicted molar refractivity (Wildman–Crippen MR) is 218 cm³/mol. The number of hydrogen-bond acceptors (Lipinski definition) is 9. The summed E-state index contributed by atoms with van der Waals surface area (Å²) in [7, 11) is 3.05. The van der Waals surface area contributed by atoms with Crippen LogP contribution in [0.2, 0.25) is 0 Å². The molecule has 0 unspecified atom stereocenters. The number of amides is 6. The lowest BCUT2D eigenvalue weighted by atomic mass is 9.98. The number of hydrogen-bond donors (Lipinski definition) is 7. The van der Waals surface area contributed by atoms with Crippen LogP contribution in [-0.2, 0) is 38.6 Å². The Labute approximate surface area is 336 Å². The minimum absolute atomic E-state index is 0.113. The lowest BCUT2D eigenvalue weighted by Crippen LogP contribution is -2.60. The van der Waals surface area contributed by atoms with E-state index in [-0.39, 0.29) is 44.4 Å². The molecule has 0 bridgehead atoms. The molecule has 4 atom stereocenters. The Morgan fingerprint density at radius 1 is 0.649 bits per heavy atom. The van der Waals surface area contributed by atoms with Crippen molar-refractivity contribution in [3.8, 4) is 5.75 Å². The highest BCUT2D eigenvalue weighted by molar-refractivity contribution is 5.88. The average molecular weight is 792 g/mol. The number of aliphatic hydroxyl groups excluding tert-OH is 1. The van der Waals surface area contributed by atoms with Crippen LogP contribution in [0.15, 0.2) is 84.9 Å². The third kappa shape index (κ3) is 17.2. The summed E-state index contributed by atoms with van der Waals surface area (Å²) < 4.78 is 16.0. The Kier molecular flexibility index (Phi) is 20.3. The molecule has 15 nitrogen and oxygen atoms in total. The summed E-state index contributed by atoms with van der Waals surface area (Å²) in [6, 6.07) is 22.9. The highest BCUT2D eigenvalue weighted by Crippen LogP contribution is 2.17. The van der Waals surface area contributed by atoms with Gasteiger partial charge in [-0.3, -0.25) is 15.0 Å². The predicted octanol–water partition coefficient (Wildman–Crippen LogP) is 3.13. The van der Waals surface area contributed by atoms with E-state index < -0.39 is 48.1 Å². The molecule has 0 aliphatic heterocycles. The lowest BCUT2D eigenvalue weighted by molar-refractivity contribution is -0.131. The molecule has 0 spiro atoms. The van der Waals surface area contributed by atoms with Crippen LogP contribution >= 0.6 is 0 Å². The third-order valence-corrected chi connectivity index (χ3v) is 8.97. The van der Waals surface area contributed by atoms with Gasteiger partial charge in [0.1, 0.15) is 24.4 Å². The van der Waals surface area contributed by atoms with Crippen LogP contribution in [0.5, 0.6) is 5.75 Å². The number of benzene rings is 3. The first-order valence-electron chi connectivity index (χ1n) is 19.3. The lowest BCUT2D eigenvalue weighted by Gasteiger charge is -2.33. The molecule has 0 fully saturated rings. The Morgan fingerprint density at radius 3 is 1.67 bits per heavy atom. The van der Waals surface area contributed by atoms with Gasteiger partial charge in [-0.15, -0.1) is 0 Å². The topological polar surface area (TPSA) is 192 Å². The van der Waals surface area contributed by atoms with Gasteiger partial charge in [-0.05, 0) is 47.1 Å². The van der Waals surface area contributed by atoms with E-state index >= 15 is 0 Å². The summed E-state index contributed by atoms with van der Waals surface area (Å²) in [5.41, 5.74) is 5.61. The molecule has 3 aromatic rings. The fraction of sp³-hybridized carbons (Fsp3) is 0.476. The summed E-state index contributed by atoms with van der Waals surface area (Å²) in [6.07, 6.45) is -0.958. The van der Waals surface area contributed by atoms with E-state index in [0.29, 0.717) is 25.6 Å². The molecule has 0 radical (unpaired) electrons. The molecule has 0 saturated carbocycles. The zero-order valence-corrected chi connectivity index (χ0v) is 34.0. The van der Waals surface area contributed by atoms with E-state index in [0.717, 1.165) is 16.7 Å². The highest BCUT2D eigenvalue weighted by Gasteiger charge is 2.32. The van der Waals surface area contributed by atoms with E-state index in [2.05, 4.69) is 32.0 Å². The van der Waals surface area contributed by atoms with Gasteiger partial charge in [0.2, 0.25) is 5.91 Å². The molecule has 0 aliphatic carbocycles. The van der Waals surface area contributed by atoms with Crippen LogP contribution in [0.1, 0.15) is 44.4 Å². The Balaban J connectivity index is 1.86. The second-order valence-corrected chi connectivity index (χ2v) is 14.4. The molecule has 6 amide bonds. The molecule has 312 valence electrons. The van der Waals surface area contributed by atoms with E-state index in [9.17, 15) is 24.3 Å². The van der Waals surface area contributed by atoms with E-state index in [1.54, 1.807) is 5.01 Å². The number of rotatable bonds is 24. The van der Waals surface area contributed by atoms with Crippen molar-refractivity contribution in [1.82, 2.24) is 37.0 Å². The summed E-state index contributed by atoms with van der Waals surface area (Å²) in [6.45, 7) is 8.86. The summed E-state index contributed by atoms with van der Waals surface area (Å²) in [5, 5.41) is 27.3. The van der Waals surface area contributed by atoms with Crippen LogP contribution < -0.4 is 36.7 Å². The van der Waals surface area contributed by atoms with Gasteiger partial charge in [0, 0.05) is 40.4 Å². The normalized spacial score (nSPS) is 13.3. The maximum atomic E-state index is 13.9. The maximum absolute atomic E-state index is 13.9. The molecule has 7 N–H and O–H groups in total. The third-order valence-electron chi connectivity index (χ3n) is 8.97. The van der Waals surface area contributed by atoms with Gasteiger partial charge in [0.25, 0.3) is 5.91 Å². The van der Waals surface area contributed by atoms with E-state index in [4.69, 9.17) is 14.2 Å². The standard InChI is InChI=1S/C42H61N7O8/c1-29(2)37(46-41(53)43-21-23-55-5)39(51)45-35(25-31-13-9-7-10-14-31)36(50)27-49(48-40(52)38(30(3)4)47-42(54)44-22-24-56-6)26-32-17-19-34(20-18-32)57-28-33-15-11-8-12-16-33/h7-20,29-30,35-38,50H,21-28H2,1-6H3,(H,45,51)(H,48,52)(H2,43,46,53)(H2,44,47,54)/t35-,36-,37-,38-/m0/s1. The number of nitrogens with zero attached hydrogens (tertiary/aromatic N) is 1. The van der Waals surface area contributed by atoms with Crippen molar-refractivity contribution in [3.05, 3.63) is 102 Å². The largest absolute Gasteiger partial charge is 0.489 e. The van der Waals surface area contributed by atoms with Gasteiger partial charge in [-0.2, -0.15) is 0 Å². The molecule has 0 saturated heterocycles. The smallest absolute Gasteiger partial charge is 0.315 e. The second kappa shape index (κ2) is 25.1. The number of aliphatic hydroxyl groups is 1. The van der Waals surface area contributed by atoms with Crippen molar-refractivity contribution < 1.29 is 38.5 Å². The number of carbonyl (C=O) groups excluding carboxylic acids is 4. The number of methoxy groups -OCH3 is 2.